The quantitative estimate of drug-likeness (QED) is 0.746. The highest BCUT2D eigenvalue weighted by molar-refractivity contribution is 5.77. The third-order valence-corrected chi connectivity index (χ3v) is 2.90. The van der Waals surface area contributed by atoms with Crippen LogP contribution in [0.4, 0.5) is 0 Å². The summed E-state index contributed by atoms with van der Waals surface area (Å²) in [6.07, 6.45) is 2.48. The Labute approximate surface area is 98.0 Å². The maximum atomic E-state index is 11.9. The largest absolute Gasteiger partial charge is 0.394 e. The zero-order valence-electron chi connectivity index (χ0n) is 10.6. The lowest BCUT2D eigenvalue weighted by Crippen LogP contribution is -2.41. The van der Waals surface area contributed by atoms with Crippen LogP contribution in [0.15, 0.2) is 0 Å². The molecule has 0 saturated carbocycles. The average Bonchev–Trinajstić information content (AvgIpc) is 2.63. The second-order valence-corrected chi connectivity index (χ2v) is 5.49. The van der Waals surface area contributed by atoms with Crippen LogP contribution < -0.4 is 5.32 Å². The van der Waals surface area contributed by atoms with Crippen molar-refractivity contribution in [2.75, 3.05) is 19.7 Å². The minimum Gasteiger partial charge on any atom is -0.394 e. The van der Waals surface area contributed by atoms with Crippen molar-refractivity contribution in [2.45, 2.75) is 51.6 Å². The first-order chi connectivity index (χ1) is 7.44. The van der Waals surface area contributed by atoms with E-state index in [0.717, 1.165) is 19.4 Å². The van der Waals surface area contributed by atoms with Crippen LogP contribution in [0.2, 0.25) is 0 Å². The first kappa shape index (κ1) is 13.5. The van der Waals surface area contributed by atoms with Gasteiger partial charge in [0.2, 0.25) is 5.91 Å². The Morgan fingerprint density at radius 3 is 2.75 bits per heavy atom. The molecule has 1 fully saturated rings. The third kappa shape index (κ3) is 4.10. The Hall–Kier alpha value is -0.610. The molecule has 1 saturated heterocycles. The van der Waals surface area contributed by atoms with E-state index >= 15 is 0 Å². The maximum Gasteiger partial charge on any atom is 0.224 e. The van der Waals surface area contributed by atoms with Gasteiger partial charge in [-0.25, -0.2) is 0 Å². The number of likely N-dealkylation sites (tertiary alicyclic amines) is 1. The zero-order chi connectivity index (χ0) is 12.2. The van der Waals surface area contributed by atoms with E-state index in [9.17, 15) is 4.79 Å². The number of nitrogens with zero attached hydrogens (tertiary/aromatic N) is 1. The van der Waals surface area contributed by atoms with Gasteiger partial charge < -0.3 is 15.3 Å². The van der Waals surface area contributed by atoms with E-state index in [1.165, 1.54) is 0 Å². The fourth-order valence-corrected chi connectivity index (χ4v) is 2.04. The molecule has 1 atom stereocenters. The molecule has 0 aliphatic carbocycles. The molecule has 0 spiro atoms. The van der Waals surface area contributed by atoms with Crippen LogP contribution in [0, 0.1) is 0 Å². The van der Waals surface area contributed by atoms with Gasteiger partial charge in [-0.1, -0.05) is 0 Å². The smallest absolute Gasteiger partial charge is 0.224 e. The van der Waals surface area contributed by atoms with Gasteiger partial charge in [-0.05, 0) is 33.6 Å². The van der Waals surface area contributed by atoms with Crippen molar-refractivity contribution in [3.63, 3.8) is 0 Å². The lowest BCUT2D eigenvalue weighted by molar-refractivity contribution is -0.132. The summed E-state index contributed by atoms with van der Waals surface area (Å²) in [5, 5.41) is 12.4. The highest BCUT2D eigenvalue weighted by Gasteiger charge is 2.27. The van der Waals surface area contributed by atoms with Gasteiger partial charge in [0.15, 0.2) is 0 Å². The van der Waals surface area contributed by atoms with Crippen molar-refractivity contribution in [3.8, 4) is 0 Å². The van der Waals surface area contributed by atoms with Crippen LogP contribution in [0.1, 0.15) is 40.0 Å². The van der Waals surface area contributed by atoms with Crippen molar-refractivity contribution in [1.29, 1.82) is 0 Å². The normalized spacial score (nSPS) is 21.5. The SMILES string of the molecule is CC(C)(C)NCCC(=O)N1CCC[C@H]1CO. The molecule has 0 unspecified atom stereocenters. The highest BCUT2D eigenvalue weighted by Crippen LogP contribution is 2.17. The van der Waals surface area contributed by atoms with Gasteiger partial charge in [-0.2, -0.15) is 0 Å². The number of hydrogen-bond donors (Lipinski definition) is 2. The summed E-state index contributed by atoms with van der Waals surface area (Å²) in [7, 11) is 0. The average molecular weight is 228 g/mol. The van der Waals surface area contributed by atoms with Crippen molar-refractivity contribution >= 4 is 5.91 Å². The highest BCUT2D eigenvalue weighted by atomic mass is 16.3. The van der Waals surface area contributed by atoms with E-state index in [4.69, 9.17) is 5.11 Å². The molecular weight excluding hydrogens is 204 g/mol. The van der Waals surface area contributed by atoms with E-state index in [0.29, 0.717) is 13.0 Å². The Morgan fingerprint density at radius 1 is 1.50 bits per heavy atom. The predicted octanol–water partition coefficient (Wildman–Crippen LogP) is 0.748. The van der Waals surface area contributed by atoms with Gasteiger partial charge in [-0.3, -0.25) is 4.79 Å². The third-order valence-electron chi connectivity index (χ3n) is 2.90. The number of carbonyl (C=O) groups is 1. The van der Waals surface area contributed by atoms with E-state index < -0.39 is 0 Å². The molecule has 1 amide bonds. The van der Waals surface area contributed by atoms with Crippen molar-refractivity contribution in [3.05, 3.63) is 0 Å². The van der Waals surface area contributed by atoms with Crippen LogP contribution in [0.5, 0.6) is 0 Å². The van der Waals surface area contributed by atoms with Crippen LogP contribution >= 0.6 is 0 Å². The van der Waals surface area contributed by atoms with Gasteiger partial charge in [0.25, 0.3) is 0 Å². The van der Waals surface area contributed by atoms with E-state index in [1.54, 1.807) is 0 Å². The number of hydrogen-bond acceptors (Lipinski definition) is 3. The Morgan fingerprint density at radius 2 is 2.19 bits per heavy atom. The minimum atomic E-state index is 0.0572. The van der Waals surface area contributed by atoms with Gasteiger partial charge in [0, 0.05) is 25.0 Å². The van der Waals surface area contributed by atoms with E-state index in [-0.39, 0.29) is 24.1 Å². The first-order valence-electron chi connectivity index (χ1n) is 6.09. The minimum absolute atomic E-state index is 0.0572. The Balaban J connectivity index is 2.29. The van der Waals surface area contributed by atoms with Gasteiger partial charge >= 0.3 is 0 Å². The summed E-state index contributed by atoms with van der Waals surface area (Å²) in [5.74, 6) is 0.160. The molecule has 1 heterocycles. The summed E-state index contributed by atoms with van der Waals surface area (Å²) in [4.78, 5) is 13.7. The fourth-order valence-electron chi connectivity index (χ4n) is 2.04. The molecule has 0 aromatic heterocycles. The van der Waals surface area contributed by atoms with Crippen LogP contribution in [-0.4, -0.2) is 47.2 Å². The first-order valence-corrected chi connectivity index (χ1v) is 6.09. The topological polar surface area (TPSA) is 52.6 Å². The van der Waals surface area contributed by atoms with Gasteiger partial charge in [0.1, 0.15) is 0 Å². The predicted molar refractivity (Wildman–Crippen MR) is 64.2 cm³/mol. The zero-order valence-corrected chi connectivity index (χ0v) is 10.6. The number of nitrogens with one attached hydrogen (secondary N) is 1. The molecule has 2 N–H and O–H groups in total. The molecule has 0 radical (unpaired) electrons. The monoisotopic (exact) mass is 228 g/mol. The molecule has 0 bridgehead atoms. The molecule has 1 aliphatic heterocycles. The number of aliphatic hydroxyl groups is 1. The molecule has 0 aromatic rings. The summed E-state index contributed by atoms with van der Waals surface area (Å²) < 4.78 is 0. The molecule has 4 heteroatoms. The number of aliphatic hydroxyl groups excluding tert-OH is 1. The molecular formula is C12H24N2O2. The summed E-state index contributed by atoms with van der Waals surface area (Å²) in [6, 6.07) is 0.0575. The molecule has 1 aliphatic rings. The molecule has 4 nitrogen and oxygen atoms in total. The second kappa shape index (κ2) is 5.64. The van der Waals surface area contributed by atoms with Crippen molar-refractivity contribution in [1.82, 2.24) is 10.2 Å². The van der Waals surface area contributed by atoms with Crippen molar-refractivity contribution < 1.29 is 9.90 Å². The summed E-state index contributed by atoms with van der Waals surface area (Å²) in [5.41, 5.74) is 0.0572. The maximum absolute atomic E-state index is 11.9. The van der Waals surface area contributed by atoms with Crippen LogP contribution in [-0.2, 0) is 4.79 Å². The summed E-state index contributed by atoms with van der Waals surface area (Å²) >= 11 is 0. The van der Waals surface area contributed by atoms with Crippen molar-refractivity contribution in [2.24, 2.45) is 0 Å². The molecule has 94 valence electrons. The Bertz CT molecular complexity index is 236. The van der Waals surface area contributed by atoms with Gasteiger partial charge in [0.05, 0.1) is 12.6 Å². The summed E-state index contributed by atoms with van der Waals surface area (Å²) in [6.45, 7) is 7.87. The molecule has 1 rings (SSSR count). The fraction of sp³-hybridized carbons (Fsp3) is 0.917. The van der Waals surface area contributed by atoms with Crippen LogP contribution in [0.3, 0.4) is 0 Å². The van der Waals surface area contributed by atoms with Crippen LogP contribution in [0.25, 0.3) is 0 Å². The lowest BCUT2D eigenvalue weighted by Gasteiger charge is -2.25. The molecule has 0 aromatic carbocycles. The van der Waals surface area contributed by atoms with E-state index in [2.05, 4.69) is 26.1 Å². The Kier molecular flexibility index (Phi) is 4.74. The number of rotatable bonds is 4. The standard InChI is InChI=1S/C12H24N2O2/c1-12(2,3)13-7-6-11(16)14-8-4-5-10(14)9-15/h10,13,15H,4-9H2,1-3H3/t10-/m0/s1. The van der Waals surface area contributed by atoms with E-state index in [1.807, 2.05) is 4.90 Å². The number of amides is 1. The molecule has 16 heavy (non-hydrogen) atoms. The lowest BCUT2D eigenvalue weighted by atomic mass is 10.1. The second-order valence-electron chi connectivity index (χ2n) is 5.49. The number of carbonyl (C=O) groups excluding carboxylic acids is 1. The van der Waals surface area contributed by atoms with Gasteiger partial charge in [-0.15, -0.1) is 0 Å².